The normalized spacial score (nSPS) is 15.1. The van der Waals surface area contributed by atoms with Gasteiger partial charge in [-0.05, 0) is 56.4 Å². The number of thiazole rings is 1. The van der Waals surface area contributed by atoms with Crippen LogP contribution in [0, 0.1) is 6.92 Å². The van der Waals surface area contributed by atoms with Crippen LogP contribution in [0.5, 0.6) is 0 Å². The molecule has 0 bridgehead atoms. The molecule has 0 spiro atoms. The summed E-state index contributed by atoms with van der Waals surface area (Å²) in [5, 5.41) is 5.36. The number of halogens is 1. The molecule has 0 aliphatic heterocycles. The van der Waals surface area contributed by atoms with Gasteiger partial charge in [0.25, 0.3) is 11.5 Å². The zero-order chi connectivity index (χ0) is 19.3. The topological polar surface area (TPSA) is 101 Å². The predicted molar refractivity (Wildman–Crippen MR) is 109 cm³/mol. The van der Waals surface area contributed by atoms with Gasteiger partial charge in [-0.3, -0.25) is 9.59 Å². The number of aromatic amines is 1. The molecule has 1 aromatic carbocycles. The van der Waals surface area contributed by atoms with Gasteiger partial charge in [0.15, 0.2) is 5.13 Å². The molecule has 0 saturated heterocycles. The van der Waals surface area contributed by atoms with Gasteiger partial charge in [0, 0.05) is 21.5 Å². The van der Waals surface area contributed by atoms with Gasteiger partial charge in [-0.2, -0.15) is 0 Å². The molecule has 140 valence electrons. The van der Waals surface area contributed by atoms with Crippen molar-refractivity contribution in [1.29, 1.82) is 0 Å². The highest BCUT2D eigenvalue weighted by atomic mass is 35.5. The van der Waals surface area contributed by atoms with Gasteiger partial charge >= 0.3 is 0 Å². The van der Waals surface area contributed by atoms with Crippen LogP contribution in [0.25, 0.3) is 10.9 Å². The molecule has 6 nitrogen and oxygen atoms in total. The minimum Gasteiger partial charge on any atom is -0.365 e. The first-order chi connectivity index (χ1) is 12.8. The Morgan fingerprint density at radius 2 is 2.15 bits per heavy atom. The number of amides is 1. The summed E-state index contributed by atoms with van der Waals surface area (Å²) in [5.74, 6) is 0.00799. The number of carbonyl (C=O) groups excluding carboxylic acids is 1. The van der Waals surface area contributed by atoms with Crippen molar-refractivity contribution in [3.63, 3.8) is 0 Å². The first-order valence-electron chi connectivity index (χ1n) is 8.73. The largest absolute Gasteiger partial charge is 0.365 e. The van der Waals surface area contributed by atoms with Gasteiger partial charge in [0.1, 0.15) is 4.88 Å². The number of nitrogens with two attached hydrogens (primary N) is 1. The lowest BCUT2D eigenvalue weighted by Crippen LogP contribution is -2.19. The average Bonchev–Trinajstić information content (AvgIpc) is 3.37. The van der Waals surface area contributed by atoms with E-state index in [2.05, 4.69) is 15.3 Å². The maximum absolute atomic E-state index is 12.6. The first-order valence-corrected chi connectivity index (χ1v) is 9.93. The number of pyridine rings is 1. The zero-order valence-corrected chi connectivity index (χ0v) is 16.5. The van der Waals surface area contributed by atoms with Crippen LogP contribution in [-0.4, -0.2) is 15.9 Å². The second-order valence-corrected chi connectivity index (χ2v) is 8.36. The Balaban J connectivity index is 1.67. The number of aromatic nitrogens is 2. The third-order valence-electron chi connectivity index (χ3n) is 4.83. The standard InChI is InChI=1S/C19H19ClN4O2S/c1-8(22-19-23-9(2)16(27-19)17(21)25)12-5-11-6-14(20)13(10-3-4-10)7-15(11)24-18(12)26/h5-8,10H,3-4H2,1-2H3,(H2,21,25)(H,22,23)(H,24,26)/t8-/m0/s1. The van der Waals surface area contributed by atoms with E-state index in [1.54, 1.807) is 6.92 Å². The van der Waals surface area contributed by atoms with Crippen molar-refractivity contribution < 1.29 is 4.79 Å². The molecule has 1 saturated carbocycles. The molecular weight excluding hydrogens is 384 g/mol. The van der Waals surface area contributed by atoms with E-state index in [4.69, 9.17) is 17.3 Å². The summed E-state index contributed by atoms with van der Waals surface area (Å²) in [6.45, 7) is 3.60. The minimum absolute atomic E-state index is 0.157. The Morgan fingerprint density at radius 3 is 2.78 bits per heavy atom. The molecule has 3 aromatic rings. The number of aryl methyl sites for hydroxylation is 1. The summed E-state index contributed by atoms with van der Waals surface area (Å²) < 4.78 is 0. The molecular formula is C19H19ClN4O2S. The van der Waals surface area contributed by atoms with E-state index in [9.17, 15) is 9.59 Å². The van der Waals surface area contributed by atoms with E-state index in [1.165, 1.54) is 11.3 Å². The monoisotopic (exact) mass is 402 g/mol. The maximum atomic E-state index is 12.6. The molecule has 2 heterocycles. The molecule has 2 aromatic heterocycles. The Morgan fingerprint density at radius 1 is 1.41 bits per heavy atom. The van der Waals surface area contributed by atoms with E-state index < -0.39 is 5.91 Å². The number of nitrogens with zero attached hydrogens (tertiary/aromatic N) is 1. The lowest BCUT2D eigenvalue weighted by molar-refractivity contribution is 0.100. The predicted octanol–water partition coefficient (Wildman–Crippen LogP) is 4.10. The van der Waals surface area contributed by atoms with Crippen molar-refractivity contribution in [1.82, 2.24) is 9.97 Å². The molecule has 1 atom stereocenters. The minimum atomic E-state index is -0.504. The Hall–Kier alpha value is -2.38. The summed E-state index contributed by atoms with van der Waals surface area (Å²) in [6.07, 6.45) is 2.30. The van der Waals surface area contributed by atoms with Gasteiger partial charge in [-0.15, -0.1) is 0 Å². The van der Waals surface area contributed by atoms with Crippen LogP contribution in [0.1, 0.15) is 58.2 Å². The molecule has 4 rings (SSSR count). The molecule has 1 fully saturated rings. The molecule has 0 radical (unpaired) electrons. The second-order valence-electron chi connectivity index (χ2n) is 6.95. The molecule has 8 heteroatoms. The summed E-state index contributed by atoms with van der Waals surface area (Å²) in [7, 11) is 0. The highest BCUT2D eigenvalue weighted by molar-refractivity contribution is 7.17. The molecule has 0 unspecified atom stereocenters. The molecule has 4 N–H and O–H groups in total. The third kappa shape index (κ3) is 3.44. The van der Waals surface area contributed by atoms with Gasteiger partial charge in [0.05, 0.1) is 11.7 Å². The number of hydrogen-bond donors (Lipinski definition) is 3. The van der Waals surface area contributed by atoms with Crippen molar-refractivity contribution in [3.8, 4) is 0 Å². The Labute approximate surface area is 164 Å². The molecule has 1 aliphatic rings. The Bertz CT molecular complexity index is 1120. The lowest BCUT2D eigenvalue weighted by atomic mass is 10.0. The van der Waals surface area contributed by atoms with Crippen molar-refractivity contribution in [3.05, 3.63) is 55.3 Å². The van der Waals surface area contributed by atoms with Crippen LogP contribution < -0.4 is 16.6 Å². The van der Waals surface area contributed by atoms with Crippen LogP contribution in [-0.2, 0) is 0 Å². The van der Waals surface area contributed by atoms with Crippen LogP contribution in [0.15, 0.2) is 23.0 Å². The number of hydrogen-bond acceptors (Lipinski definition) is 5. The van der Waals surface area contributed by atoms with E-state index >= 15 is 0 Å². The first kappa shape index (κ1) is 18.0. The fourth-order valence-corrected chi connectivity index (χ4v) is 4.47. The van der Waals surface area contributed by atoms with Crippen molar-refractivity contribution in [2.75, 3.05) is 5.32 Å². The van der Waals surface area contributed by atoms with E-state index in [0.29, 0.717) is 27.2 Å². The number of H-pyrrole nitrogens is 1. The second kappa shape index (κ2) is 6.65. The van der Waals surface area contributed by atoms with Crippen molar-refractivity contribution >= 4 is 44.9 Å². The van der Waals surface area contributed by atoms with Crippen LogP contribution in [0.3, 0.4) is 0 Å². The average molecular weight is 403 g/mol. The number of nitrogens with one attached hydrogen (secondary N) is 2. The van der Waals surface area contributed by atoms with Gasteiger partial charge in [-0.25, -0.2) is 4.98 Å². The van der Waals surface area contributed by atoms with Gasteiger partial charge < -0.3 is 16.0 Å². The summed E-state index contributed by atoms with van der Waals surface area (Å²) >= 11 is 7.61. The molecule has 27 heavy (non-hydrogen) atoms. The van der Waals surface area contributed by atoms with Crippen LogP contribution >= 0.6 is 22.9 Å². The molecule has 1 amide bonds. The summed E-state index contributed by atoms with van der Waals surface area (Å²) in [6, 6.07) is 5.45. The van der Waals surface area contributed by atoms with E-state index in [-0.39, 0.29) is 11.6 Å². The summed E-state index contributed by atoms with van der Waals surface area (Å²) in [5.41, 5.74) is 8.24. The van der Waals surface area contributed by atoms with Crippen LogP contribution in [0.4, 0.5) is 5.13 Å². The fraction of sp³-hybridized carbons (Fsp3) is 0.316. The quantitative estimate of drug-likeness (QED) is 0.598. The number of anilines is 1. The summed E-state index contributed by atoms with van der Waals surface area (Å²) in [4.78, 5) is 31.7. The number of primary amides is 1. The number of benzene rings is 1. The van der Waals surface area contributed by atoms with Crippen LogP contribution in [0.2, 0.25) is 5.02 Å². The lowest BCUT2D eigenvalue weighted by Gasteiger charge is -2.14. The fourth-order valence-electron chi connectivity index (χ4n) is 3.24. The zero-order valence-electron chi connectivity index (χ0n) is 14.9. The SMILES string of the molecule is Cc1nc(N[C@@H](C)c2cc3cc(Cl)c(C4CC4)cc3[nH]c2=O)sc1C(N)=O. The Kier molecular flexibility index (Phi) is 4.44. The van der Waals surface area contributed by atoms with Crippen molar-refractivity contribution in [2.45, 2.75) is 38.6 Å². The van der Waals surface area contributed by atoms with Crippen molar-refractivity contribution in [2.24, 2.45) is 5.73 Å². The van der Waals surface area contributed by atoms with E-state index in [0.717, 1.165) is 34.3 Å². The highest BCUT2D eigenvalue weighted by Gasteiger charge is 2.26. The van der Waals surface area contributed by atoms with Gasteiger partial charge in [0.2, 0.25) is 0 Å². The maximum Gasteiger partial charge on any atom is 0.260 e. The smallest absolute Gasteiger partial charge is 0.260 e. The highest BCUT2D eigenvalue weighted by Crippen LogP contribution is 2.44. The third-order valence-corrected chi connectivity index (χ3v) is 6.26. The number of rotatable bonds is 5. The van der Waals surface area contributed by atoms with Gasteiger partial charge in [-0.1, -0.05) is 22.9 Å². The molecule has 1 aliphatic carbocycles. The van der Waals surface area contributed by atoms with E-state index in [1.807, 2.05) is 25.1 Å². The number of fused-ring (bicyclic) bond motifs is 1. The number of carbonyl (C=O) groups is 1.